The van der Waals surface area contributed by atoms with Crippen molar-refractivity contribution in [3.05, 3.63) is 0 Å². The van der Waals surface area contributed by atoms with Crippen LogP contribution in [0.25, 0.3) is 0 Å². The highest BCUT2D eigenvalue weighted by Crippen LogP contribution is 2.32. The Balaban J connectivity index is 2.05. The van der Waals surface area contributed by atoms with Crippen molar-refractivity contribution in [1.82, 2.24) is 10.2 Å². The van der Waals surface area contributed by atoms with Crippen molar-refractivity contribution in [2.24, 2.45) is 11.8 Å². The molecule has 0 bridgehead atoms. The molecule has 0 aromatic heterocycles. The molecule has 4 atom stereocenters. The number of carbonyl (C=O) groups is 2. The number of piperazine rings is 1. The largest absolute Gasteiger partial charge is 0.343 e. The molecular weight excluding hydrogens is 240 g/mol. The van der Waals surface area contributed by atoms with E-state index in [1.807, 2.05) is 11.8 Å². The molecule has 108 valence electrons. The van der Waals surface area contributed by atoms with Crippen molar-refractivity contribution >= 4 is 11.8 Å². The van der Waals surface area contributed by atoms with Crippen LogP contribution in [0.2, 0.25) is 0 Å². The summed E-state index contributed by atoms with van der Waals surface area (Å²) in [5, 5.41) is 2.83. The Bertz CT molecular complexity index is 356. The van der Waals surface area contributed by atoms with Crippen molar-refractivity contribution in [3.8, 4) is 0 Å². The molecule has 19 heavy (non-hydrogen) atoms. The summed E-state index contributed by atoms with van der Waals surface area (Å²) in [5.74, 6) is 1.51. The Morgan fingerprint density at radius 1 is 1.21 bits per heavy atom. The normalized spacial score (nSPS) is 36.3. The van der Waals surface area contributed by atoms with Crippen LogP contribution in [-0.2, 0) is 9.59 Å². The number of nitrogens with one attached hydrogen (secondary N) is 1. The summed E-state index contributed by atoms with van der Waals surface area (Å²) in [7, 11) is 0. The average Bonchev–Trinajstić information content (AvgIpc) is 2.37. The van der Waals surface area contributed by atoms with E-state index in [0.717, 1.165) is 38.0 Å². The van der Waals surface area contributed by atoms with Gasteiger partial charge in [-0.25, -0.2) is 0 Å². The summed E-state index contributed by atoms with van der Waals surface area (Å²) in [6, 6.07) is -0.0231. The second-order valence-electron chi connectivity index (χ2n) is 6.30. The maximum atomic E-state index is 12.5. The lowest BCUT2D eigenvalue weighted by Gasteiger charge is -2.42. The monoisotopic (exact) mass is 266 g/mol. The van der Waals surface area contributed by atoms with E-state index in [-0.39, 0.29) is 30.4 Å². The van der Waals surface area contributed by atoms with Gasteiger partial charge in [0.25, 0.3) is 0 Å². The van der Waals surface area contributed by atoms with Gasteiger partial charge in [0, 0.05) is 6.04 Å². The predicted molar refractivity (Wildman–Crippen MR) is 74.5 cm³/mol. The summed E-state index contributed by atoms with van der Waals surface area (Å²) < 4.78 is 0. The zero-order valence-corrected chi connectivity index (χ0v) is 12.3. The minimum absolute atomic E-state index is 0.00400. The molecule has 4 nitrogen and oxygen atoms in total. The van der Waals surface area contributed by atoms with Gasteiger partial charge in [-0.2, -0.15) is 0 Å². The van der Waals surface area contributed by atoms with Gasteiger partial charge in [-0.15, -0.1) is 0 Å². The lowest BCUT2D eigenvalue weighted by atomic mass is 9.78. The minimum Gasteiger partial charge on any atom is -0.343 e. The molecule has 0 aromatic rings. The van der Waals surface area contributed by atoms with E-state index in [1.165, 1.54) is 0 Å². The van der Waals surface area contributed by atoms with Gasteiger partial charge in [0.1, 0.15) is 6.04 Å². The predicted octanol–water partition coefficient (Wildman–Crippen LogP) is 1.94. The smallest absolute Gasteiger partial charge is 0.245 e. The molecule has 2 fully saturated rings. The Morgan fingerprint density at radius 3 is 2.58 bits per heavy atom. The van der Waals surface area contributed by atoms with Gasteiger partial charge in [-0.3, -0.25) is 9.59 Å². The standard InChI is InChI=1S/C15H26N2O2/c1-4-5-13-15(19)17(9-14(18)16-13)12-7-6-10(2)11(3)8-12/h10-13H,4-9H2,1-3H3,(H,16,18). The SMILES string of the molecule is CCCC1NC(=O)CN(C2CCC(C)C(C)C2)C1=O. The van der Waals surface area contributed by atoms with Gasteiger partial charge in [0.2, 0.25) is 11.8 Å². The summed E-state index contributed by atoms with van der Waals surface area (Å²) in [6.07, 6.45) is 4.92. The van der Waals surface area contributed by atoms with Gasteiger partial charge in [-0.05, 0) is 37.5 Å². The van der Waals surface area contributed by atoms with E-state index in [4.69, 9.17) is 0 Å². The van der Waals surface area contributed by atoms with Crippen LogP contribution in [-0.4, -0.2) is 35.3 Å². The molecule has 0 spiro atoms. The van der Waals surface area contributed by atoms with Crippen LogP contribution in [0.4, 0.5) is 0 Å². The average molecular weight is 266 g/mol. The topological polar surface area (TPSA) is 49.4 Å². The van der Waals surface area contributed by atoms with E-state index in [0.29, 0.717) is 5.92 Å². The molecule has 1 saturated heterocycles. The minimum atomic E-state index is -0.291. The number of hydrogen-bond donors (Lipinski definition) is 1. The van der Waals surface area contributed by atoms with Crippen molar-refractivity contribution in [2.75, 3.05) is 6.54 Å². The summed E-state index contributed by atoms with van der Waals surface area (Å²) >= 11 is 0. The number of hydrogen-bond acceptors (Lipinski definition) is 2. The third kappa shape index (κ3) is 3.10. The van der Waals surface area contributed by atoms with E-state index >= 15 is 0 Å². The summed E-state index contributed by atoms with van der Waals surface area (Å²) in [6.45, 7) is 6.84. The molecule has 2 aliphatic rings. The van der Waals surface area contributed by atoms with Crippen LogP contribution in [0.3, 0.4) is 0 Å². The lowest BCUT2D eigenvalue weighted by Crippen LogP contribution is -2.61. The molecule has 4 heteroatoms. The van der Waals surface area contributed by atoms with Crippen LogP contribution < -0.4 is 5.32 Å². The molecule has 1 heterocycles. The zero-order valence-electron chi connectivity index (χ0n) is 12.3. The molecule has 0 aromatic carbocycles. The Labute approximate surface area is 115 Å². The van der Waals surface area contributed by atoms with Gasteiger partial charge in [0.15, 0.2) is 0 Å². The number of carbonyl (C=O) groups excluding carboxylic acids is 2. The fraction of sp³-hybridized carbons (Fsp3) is 0.867. The number of rotatable bonds is 3. The first-order valence-electron chi connectivity index (χ1n) is 7.62. The highest BCUT2D eigenvalue weighted by atomic mass is 16.2. The third-order valence-corrected chi connectivity index (χ3v) is 4.82. The third-order valence-electron chi connectivity index (χ3n) is 4.82. The number of nitrogens with zero attached hydrogens (tertiary/aromatic N) is 1. The summed E-state index contributed by atoms with van der Waals surface area (Å²) in [5.41, 5.74) is 0. The van der Waals surface area contributed by atoms with Crippen molar-refractivity contribution in [2.45, 2.75) is 65.0 Å². The molecule has 1 saturated carbocycles. The lowest BCUT2D eigenvalue weighted by molar-refractivity contribution is -0.148. The second-order valence-corrected chi connectivity index (χ2v) is 6.30. The Kier molecular flexibility index (Phi) is 4.48. The second kappa shape index (κ2) is 5.93. The van der Waals surface area contributed by atoms with Crippen molar-refractivity contribution in [3.63, 3.8) is 0 Å². The number of amides is 2. The van der Waals surface area contributed by atoms with Crippen LogP contribution >= 0.6 is 0 Å². The first-order valence-corrected chi connectivity index (χ1v) is 7.62. The van der Waals surface area contributed by atoms with Gasteiger partial charge < -0.3 is 10.2 Å². The molecule has 1 N–H and O–H groups in total. The Morgan fingerprint density at radius 2 is 1.95 bits per heavy atom. The molecular formula is C15H26N2O2. The molecule has 0 radical (unpaired) electrons. The first kappa shape index (κ1) is 14.4. The summed E-state index contributed by atoms with van der Waals surface area (Å²) in [4.78, 5) is 26.1. The maximum Gasteiger partial charge on any atom is 0.245 e. The fourth-order valence-corrected chi connectivity index (χ4v) is 3.33. The van der Waals surface area contributed by atoms with Gasteiger partial charge in [-0.1, -0.05) is 27.2 Å². The molecule has 2 rings (SSSR count). The van der Waals surface area contributed by atoms with Crippen LogP contribution in [0.1, 0.15) is 52.9 Å². The molecule has 2 amide bonds. The Hall–Kier alpha value is -1.06. The molecule has 4 unspecified atom stereocenters. The molecule has 1 aliphatic carbocycles. The van der Waals surface area contributed by atoms with E-state index in [9.17, 15) is 9.59 Å². The first-order chi connectivity index (χ1) is 9.02. The zero-order chi connectivity index (χ0) is 14.0. The van der Waals surface area contributed by atoms with Crippen LogP contribution in [0.5, 0.6) is 0 Å². The maximum absolute atomic E-state index is 12.5. The van der Waals surface area contributed by atoms with Crippen molar-refractivity contribution in [1.29, 1.82) is 0 Å². The quantitative estimate of drug-likeness (QED) is 0.848. The highest BCUT2D eigenvalue weighted by Gasteiger charge is 2.38. The van der Waals surface area contributed by atoms with Crippen molar-refractivity contribution < 1.29 is 9.59 Å². The molecule has 1 aliphatic heterocycles. The van der Waals surface area contributed by atoms with Crippen LogP contribution in [0, 0.1) is 11.8 Å². The van der Waals surface area contributed by atoms with E-state index < -0.39 is 0 Å². The van der Waals surface area contributed by atoms with Crippen LogP contribution in [0.15, 0.2) is 0 Å². The van der Waals surface area contributed by atoms with E-state index in [1.54, 1.807) is 0 Å². The van der Waals surface area contributed by atoms with Gasteiger partial charge >= 0.3 is 0 Å². The van der Waals surface area contributed by atoms with Gasteiger partial charge in [0.05, 0.1) is 6.54 Å². The fourth-order valence-electron chi connectivity index (χ4n) is 3.33. The van der Waals surface area contributed by atoms with E-state index in [2.05, 4.69) is 19.2 Å². The highest BCUT2D eigenvalue weighted by molar-refractivity contribution is 5.95.